The topological polar surface area (TPSA) is 103 Å². The van der Waals surface area contributed by atoms with Crippen LogP contribution in [0.15, 0.2) is 53.6 Å². The normalized spacial score (nSPS) is 10.8. The van der Waals surface area contributed by atoms with Gasteiger partial charge in [0.25, 0.3) is 5.91 Å². The Kier molecular flexibility index (Phi) is 7.47. The lowest BCUT2D eigenvalue weighted by molar-refractivity contribution is -0.115. The first-order valence-corrected chi connectivity index (χ1v) is 9.03. The molecule has 0 heterocycles. The zero-order valence-corrected chi connectivity index (χ0v) is 16.9. The molecule has 29 heavy (non-hydrogen) atoms. The summed E-state index contributed by atoms with van der Waals surface area (Å²) in [7, 11) is 3.89. The lowest BCUT2D eigenvalue weighted by atomic mass is 10.2. The van der Waals surface area contributed by atoms with Crippen LogP contribution >= 0.6 is 0 Å². The minimum Gasteiger partial charge on any atom is -0.378 e. The van der Waals surface area contributed by atoms with Gasteiger partial charge < -0.3 is 15.5 Å². The number of amides is 3. The highest BCUT2D eigenvalue weighted by Gasteiger charge is 2.08. The highest BCUT2D eigenvalue weighted by atomic mass is 16.2. The van der Waals surface area contributed by atoms with Crippen molar-refractivity contribution < 1.29 is 14.4 Å². The fourth-order valence-corrected chi connectivity index (χ4v) is 2.44. The van der Waals surface area contributed by atoms with E-state index in [1.54, 1.807) is 31.2 Å². The van der Waals surface area contributed by atoms with E-state index in [0.29, 0.717) is 22.6 Å². The van der Waals surface area contributed by atoms with Crippen molar-refractivity contribution in [3.8, 4) is 0 Å². The maximum Gasteiger partial charge on any atom is 0.271 e. The Bertz CT molecular complexity index is 903. The molecule has 2 aromatic carbocycles. The van der Waals surface area contributed by atoms with Crippen LogP contribution in [0, 0.1) is 0 Å². The molecule has 3 N–H and O–H groups in total. The molecule has 3 amide bonds. The van der Waals surface area contributed by atoms with Crippen molar-refractivity contribution in [3.05, 3.63) is 54.1 Å². The molecule has 0 atom stereocenters. The molecular weight excluding hydrogens is 370 g/mol. The third kappa shape index (κ3) is 7.10. The van der Waals surface area contributed by atoms with Gasteiger partial charge in [0.15, 0.2) is 0 Å². The first kappa shape index (κ1) is 21.6. The SMILES string of the molecule is CC(=O)Nc1ccc(C(=O)N/N=C(\C)CC(=O)Nc2ccc(N(C)C)cc2)cc1. The van der Waals surface area contributed by atoms with Crippen LogP contribution < -0.4 is 21.0 Å². The summed E-state index contributed by atoms with van der Waals surface area (Å²) in [5, 5.41) is 9.39. The molecule has 0 aliphatic heterocycles. The van der Waals surface area contributed by atoms with E-state index >= 15 is 0 Å². The Hall–Kier alpha value is -3.68. The van der Waals surface area contributed by atoms with Crippen molar-refractivity contribution in [2.24, 2.45) is 5.10 Å². The van der Waals surface area contributed by atoms with E-state index in [4.69, 9.17) is 0 Å². The quantitative estimate of drug-likeness (QED) is 0.495. The van der Waals surface area contributed by atoms with E-state index in [-0.39, 0.29) is 18.2 Å². The second kappa shape index (κ2) is 10.0. The number of nitrogens with zero attached hydrogens (tertiary/aromatic N) is 2. The van der Waals surface area contributed by atoms with Gasteiger partial charge in [-0.15, -0.1) is 0 Å². The minimum absolute atomic E-state index is 0.0528. The number of benzene rings is 2. The maximum atomic E-state index is 12.1. The third-order valence-corrected chi connectivity index (χ3v) is 3.90. The molecule has 0 fully saturated rings. The predicted octanol–water partition coefficient (Wildman–Crippen LogP) is 2.85. The number of carbonyl (C=O) groups is 3. The van der Waals surface area contributed by atoms with Crippen LogP contribution in [0.4, 0.5) is 17.1 Å². The van der Waals surface area contributed by atoms with Crippen molar-refractivity contribution in [1.82, 2.24) is 5.43 Å². The zero-order valence-electron chi connectivity index (χ0n) is 16.9. The van der Waals surface area contributed by atoms with E-state index < -0.39 is 5.91 Å². The van der Waals surface area contributed by atoms with Crippen LogP contribution in [-0.2, 0) is 9.59 Å². The minimum atomic E-state index is -0.404. The monoisotopic (exact) mass is 395 g/mol. The fraction of sp³-hybridized carbons (Fsp3) is 0.238. The molecule has 0 radical (unpaired) electrons. The number of nitrogens with one attached hydrogen (secondary N) is 3. The summed E-state index contributed by atoms with van der Waals surface area (Å²) < 4.78 is 0. The van der Waals surface area contributed by atoms with Gasteiger partial charge in [-0.05, 0) is 55.5 Å². The molecule has 0 aliphatic rings. The molecule has 0 unspecified atom stereocenters. The number of rotatable bonds is 7. The van der Waals surface area contributed by atoms with Crippen molar-refractivity contribution >= 4 is 40.5 Å². The van der Waals surface area contributed by atoms with Crippen LogP contribution in [-0.4, -0.2) is 37.5 Å². The second-order valence-electron chi connectivity index (χ2n) is 6.71. The van der Waals surface area contributed by atoms with E-state index in [2.05, 4.69) is 21.2 Å². The van der Waals surface area contributed by atoms with Crippen LogP contribution in [0.2, 0.25) is 0 Å². The number of carbonyl (C=O) groups excluding carboxylic acids is 3. The number of anilines is 3. The molecule has 8 heteroatoms. The summed E-state index contributed by atoms with van der Waals surface area (Å²) in [5.74, 6) is -0.814. The average molecular weight is 395 g/mol. The molecule has 8 nitrogen and oxygen atoms in total. The first-order valence-electron chi connectivity index (χ1n) is 9.03. The van der Waals surface area contributed by atoms with E-state index in [1.807, 2.05) is 43.3 Å². The number of hydrogen-bond donors (Lipinski definition) is 3. The van der Waals surface area contributed by atoms with E-state index in [0.717, 1.165) is 5.69 Å². The number of hydrogen-bond acceptors (Lipinski definition) is 5. The standard InChI is InChI=1S/C21H25N5O3/c1-14(13-20(28)23-18-9-11-19(12-10-18)26(3)4)24-25-21(29)16-5-7-17(8-6-16)22-15(2)27/h5-12H,13H2,1-4H3,(H,22,27)(H,23,28)(H,25,29)/b24-14+. The summed E-state index contributed by atoms with van der Waals surface area (Å²) >= 11 is 0. The molecule has 0 spiro atoms. The second-order valence-corrected chi connectivity index (χ2v) is 6.71. The molecule has 0 aromatic heterocycles. The smallest absolute Gasteiger partial charge is 0.271 e. The highest BCUT2D eigenvalue weighted by molar-refractivity contribution is 6.06. The Morgan fingerprint density at radius 1 is 0.862 bits per heavy atom. The van der Waals surface area contributed by atoms with Gasteiger partial charge in [0.2, 0.25) is 11.8 Å². The van der Waals surface area contributed by atoms with Crippen LogP contribution in [0.5, 0.6) is 0 Å². The molecule has 2 rings (SSSR count). The molecule has 0 bridgehead atoms. The van der Waals surface area contributed by atoms with E-state index in [9.17, 15) is 14.4 Å². The van der Waals surface area contributed by atoms with Crippen LogP contribution in [0.25, 0.3) is 0 Å². The summed E-state index contributed by atoms with van der Waals surface area (Å²) in [6, 6.07) is 13.9. The van der Waals surface area contributed by atoms with Gasteiger partial charge in [0, 0.05) is 49.4 Å². The molecule has 0 saturated carbocycles. The fourth-order valence-electron chi connectivity index (χ4n) is 2.44. The highest BCUT2D eigenvalue weighted by Crippen LogP contribution is 2.15. The van der Waals surface area contributed by atoms with Gasteiger partial charge in [-0.2, -0.15) is 5.10 Å². The molecule has 2 aromatic rings. The van der Waals surface area contributed by atoms with Crippen molar-refractivity contribution in [3.63, 3.8) is 0 Å². The van der Waals surface area contributed by atoms with Crippen molar-refractivity contribution in [2.45, 2.75) is 20.3 Å². The summed E-state index contributed by atoms with van der Waals surface area (Å²) in [6.07, 6.45) is 0.0528. The maximum absolute atomic E-state index is 12.1. The summed E-state index contributed by atoms with van der Waals surface area (Å²) in [4.78, 5) is 37.3. The molecule has 0 aliphatic carbocycles. The van der Waals surface area contributed by atoms with Crippen molar-refractivity contribution in [1.29, 1.82) is 0 Å². The largest absolute Gasteiger partial charge is 0.378 e. The summed E-state index contributed by atoms with van der Waals surface area (Å²) in [6.45, 7) is 3.07. The van der Waals surface area contributed by atoms with Crippen molar-refractivity contribution in [2.75, 3.05) is 29.6 Å². The van der Waals surface area contributed by atoms with Gasteiger partial charge in [-0.25, -0.2) is 5.43 Å². The predicted molar refractivity (Wildman–Crippen MR) is 115 cm³/mol. The first-order chi connectivity index (χ1) is 13.7. The number of hydrazone groups is 1. The Morgan fingerprint density at radius 3 is 1.97 bits per heavy atom. The Balaban J connectivity index is 1.86. The van der Waals surface area contributed by atoms with Gasteiger partial charge >= 0.3 is 0 Å². The molecule has 152 valence electrons. The lowest BCUT2D eigenvalue weighted by Gasteiger charge is -2.13. The van der Waals surface area contributed by atoms with Gasteiger partial charge in [-0.3, -0.25) is 14.4 Å². The third-order valence-electron chi connectivity index (χ3n) is 3.90. The van der Waals surface area contributed by atoms with E-state index in [1.165, 1.54) is 6.92 Å². The average Bonchev–Trinajstić information content (AvgIpc) is 2.66. The van der Waals surface area contributed by atoms with Gasteiger partial charge in [0.05, 0.1) is 6.42 Å². The van der Waals surface area contributed by atoms with Crippen LogP contribution in [0.1, 0.15) is 30.6 Å². The zero-order chi connectivity index (χ0) is 21.4. The van der Waals surface area contributed by atoms with Crippen LogP contribution in [0.3, 0.4) is 0 Å². The summed E-state index contributed by atoms with van der Waals surface area (Å²) in [5.41, 5.74) is 5.61. The van der Waals surface area contributed by atoms with Gasteiger partial charge in [0.1, 0.15) is 0 Å². The Labute approximate surface area is 170 Å². The lowest BCUT2D eigenvalue weighted by Crippen LogP contribution is -2.21. The Morgan fingerprint density at radius 2 is 1.41 bits per heavy atom. The molecular formula is C21H25N5O3. The van der Waals surface area contributed by atoms with Gasteiger partial charge in [-0.1, -0.05) is 0 Å². The molecule has 0 saturated heterocycles.